The first-order valence-corrected chi connectivity index (χ1v) is 7.59. The van der Waals surface area contributed by atoms with E-state index in [0.29, 0.717) is 12.4 Å². The molecular formula is C19H19N3O. The van der Waals surface area contributed by atoms with E-state index in [1.807, 2.05) is 43.4 Å². The van der Waals surface area contributed by atoms with Crippen LogP contribution < -0.4 is 4.73 Å². The SMILES string of the molecule is CN(Cc1nccc[n+]1[O-])C(c1ccccc1)c1ccccc1. The van der Waals surface area contributed by atoms with Crippen molar-refractivity contribution in [3.05, 3.63) is 101 Å². The zero-order valence-corrected chi connectivity index (χ0v) is 13.0. The molecule has 0 saturated carbocycles. The molecule has 4 nitrogen and oxygen atoms in total. The quantitative estimate of drug-likeness (QED) is 0.538. The van der Waals surface area contributed by atoms with Gasteiger partial charge in [-0.3, -0.25) is 4.90 Å². The van der Waals surface area contributed by atoms with Gasteiger partial charge in [0.05, 0.1) is 12.2 Å². The van der Waals surface area contributed by atoms with Crippen molar-refractivity contribution in [2.45, 2.75) is 12.6 Å². The second kappa shape index (κ2) is 7.03. The summed E-state index contributed by atoms with van der Waals surface area (Å²) >= 11 is 0. The Bertz CT molecular complexity index is 707. The van der Waals surface area contributed by atoms with Crippen molar-refractivity contribution in [2.75, 3.05) is 7.05 Å². The number of benzene rings is 2. The van der Waals surface area contributed by atoms with Crippen molar-refractivity contribution in [1.29, 1.82) is 0 Å². The number of nitrogens with zero attached hydrogens (tertiary/aromatic N) is 3. The molecular weight excluding hydrogens is 286 g/mol. The monoisotopic (exact) mass is 305 g/mol. The molecule has 1 heterocycles. The van der Waals surface area contributed by atoms with E-state index in [0.717, 1.165) is 4.73 Å². The predicted molar refractivity (Wildman–Crippen MR) is 89.4 cm³/mol. The lowest BCUT2D eigenvalue weighted by Crippen LogP contribution is -2.37. The maximum absolute atomic E-state index is 11.9. The third kappa shape index (κ3) is 3.55. The predicted octanol–water partition coefficient (Wildman–Crippen LogP) is 2.94. The van der Waals surface area contributed by atoms with Gasteiger partial charge in [-0.2, -0.15) is 0 Å². The minimum atomic E-state index is 0.0689. The maximum atomic E-state index is 11.9. The van der Waals surface area contributed by atoms with E-state index in [1.165, 1.54) is 17.3 Å². The van der Waals surface area contributed by atoms with E-state index in [9.17, 15) is 5.21 Å². The summed E-state index contributed by atoms with van der Waals surface area (Å²) in [6.45, 7) is 0.471. The Morgan fingerprint density at radius 2 is 1.52 bits per heavy atom. The molecule has 0 fully saturated rings. The Hall–Kier alpha value is -2.72. The fourth-order valence-corrected chi connectivity index (χ4v) is 2.79. The molecule has 3 aromatic rings. The van der Waals surface area contributed by atoms with Crippen molar-refractivity contribution in [3.8, 4) is 0 Å². The topological polar surface area (TPSA) is 43.1 Å². The third-order valence-corrected chi connectivity index (χ3v) is 3.85. The van der Waals surface area contributed by atoms with Gasteiger partial charge in [-0.25, -0.2) is 4.73 Å². The normalized spacial score (nSPS) is 11.1. The van der Waals surface area contributed by atoms with Crippen molar-refractivity contribution >= 4 is 0 Å². The zero-order chi connectivity index (χ0) is 16.1. The van der Waals surface area contributed by atoms with Crippen LogP contribution in [0.15, 0.2) is 79.1 Å². The van der Waals surface area contributed by atoms with Gasteiger partial charge in [-0.15, -0.1) is 0 Å². The van der Waals surface area contributed by atoms with E-state index in [1.54, 1.807) is 12.3 Å². The maximum Gasteiger partial charge on any atom is 0.315 e. The average Bonchev–Trinajstić information content (AvgIpc) is 2.59. The van der Waals surface area contributed by atoms with Gasteiger partial charge >= 0.3 is 5.82 Å². The second-order valence-electron chi connectivity index (χ2n) is 5.50. The fourth-order valence-electron chi connectivity index (χ4n) is 2.79. The summed E-state index contributed by atoms with van der Waals surface area (Å²) in [7, 11) is 2.01. The Morgan fingerprint density at radius 3 is 2.04 bits per heavy atom. The largest absolute Gasteiger partial charge is 0.711 e. The van der Waals surface area contributed by atoms with Crippen LogP contribution in [0.25, 0.3) is 0 Å². The molecule has 4 heteroatoms. The molecule has 0 atom stereocenters. The minimum Gasteiger partial charge on any atom is -0.711 e. The van der Waals surface area contributed by atoms with Crippen molar-refractivity contribution in [1.82, 2.24) is 9.88 Å². The number of hydrogen-bond acceptors (Lipinski definition) is 3. The first kappa shape index (κ1) is 15.2. The number of aromatic nitrogens is 2. The molecule has 0 saturated heterocycles. The van der Waals surface area contributed by atoms with E-state index in [4.69, 9.17) is 0 Å². The van der Waals surface area contributed by atoms with Gasteiger partial charge in [-0.1, -0.05) is 65.6 Å². The molecule has 0 amide bonds. The molecule has 0 aliphatic rings. The molecule has 3 rings (SSSR count). The smallest absolute Gasteiger partial charge is 0.315 e. The Morgan fingerprint density at radius 1 is 0.957 bits per heavy atom. The van der Waals surface area contributed by atoms with Crippen LogP contribution in [-0.4, -0.2) is 16.9 Å². The van der Waals surface area contributed by atoms with Crippen LogP contribution in [0.5, 0.6) is 0 Å². The molecule has 2 aromatic carbocycles. The first-order chi connectivity index (χ1) is 11.3. The van der Waals surface area contributed by atoms with E-state index < -0.39 is 0 Å². The summed E-state index contributed by atoms with van der Waals surface area (Å²) in [6.07, 6.45) is 3.13. The first-order valence-electron chi connectivity index (χ1n) is 7.59. The Balaban J connectivity index is 1.94. The lowest BCUT2D eigenvalue weighted by atomic mass is 9.97. The average molecular weight is 305 g/mol. The van der Waals surface area contributed by atoms with Crippen LogP contribution in [0.3, 0.4) is 0 Å². The number of rotatable bonds is 5. The molecule has 0 spiro atoms. The Kier molecular flexibility index (Phi) is 4.64. The van der Waals surface area contributed by atoms with Crippen molar-refractivity contribution in [2.24, 2.45) is 0 Å². The molecule has 1 aromatic heterocycles. The highest BCUT2D eigenvalue weighted by molar-refractivity contribution is 5.31. The molecule has 23 heavy (non-hydrogen) atoms. The third-order valence-electron chi connectivity index (χ3n) is 3.85. The summed E-state index contributed by atoms with van der Waals surface area (Å²) in [4.78, 5) is 6.34. The van der Waals surface area contributed by atoms with Crippen LogP contribution in [0.2, 0.25) is 0 Å². The lowest BCUT2D eigenvalue weighted by molar-refractivity contribution is -0.619. The van der Waals surface area contributed by atoms with Crippen LogP contribution in [0, 0.1) is 5.21 Å². The molecule has 116 valence electrons. The van der Waals surface area contributed by atoms with E-state index >= 15 is 0 Å². The Labute approximate surface area is 136 Å². The zero-order valence-electron chi connectivity index (χ0n) is 13.0. The molecule has 0 unspecified atom stereocenters. The summed E-state index contributed by atoms with van der Waals surface area (Å²) in [5.41, 5.74) is 2.38. The molecule has 0 aliphatic heterocycles. The lowest BCUT2D eigenvalue weighted by Gasteiger charge is -2.28. The van der Waals surface area contributed by atoms with Gasteiger partial charge in [0, 0.05) is 6.07 Å². The van der Waals surface area contributed by atoms with E-state index in [-0.39, 0.29) is 6.04 Å². The molecule has 0 aliphatic carbocycles. The summed E-state index contributed by atoms with van der Waals surface area (Å²) < 4.78 is 0.823. The second-order valence-corrected chi connectivity index (χ2v) is 5.50. The van der Waals surface area contributed by atoms with Gasteiger partial charge < -0.3 is 5.21 Å². The van der Waals surface area contributed by atoms with Crippen LogP contribution in [-0.2, 0) is 6.54 Å². The summed E-state index contributed by atoms with van der Waals surface area (Å²) in [5, 5.41) is 11.9. The van der Waals surface area contributed by atoms with Crippen molar-refractivity contribution < 1.29 is 4.73 Å². The molecule has 0 bridgehead atoms. The van der Waals surface area contributed by atoms with Gasteiger partial charge in [0.2, 0.25) is 0 Å². The number of hydrogen-bond donors (Lipinski definition) is 0. The molecule has 0 radical (unpaired) electrons. The summed E-state index contributed by atoms with van der Waals surface area (Å²) in [6, 6.07) is 22.3. The van der Waals surface area contributed by atoms with Crippen LogP contribution in [0.4, 0.5) is 0 Å². The highest BCUT2D eigenvalue weighted by Crippen LogP contribution is 2.28. The van der Waals surface area contributed by atoms with Crippen molar-refractivity contribution in [3.63, 3.8) is 0 Å². The van der Waals surface area contributed by atoms with Crippen LogP contribution >= 0.6 is 0 Å². The standard InChI is InChI=1S/C19H19N3O/c1-21(15-18-20-13-8-14-22(18)23)19(16-9-4-2-5-10-16)17-11-6-3-7-12-17/h2-14,19H,15H2,1H3. The van der Waals surface area contributed by atoms with Gasteiger partial charge in [0.1, 0.15) is 12.7 Å². The highest BCUT2D eigenvalue weighted by Gasteiger charge is 2.22. The minimum absolute atomic E-state index is 0.0689. The highest BCUT2D eigenvalue weighted by atomic mass is 16.5. The fraction of sp³-hybridized carbons (Fsp3) is 0.158. The van der Waals surface area contributed by atoms with E-state index in [2.05, 4.69) is 34.1 Å². The van der Waals surface area contributed by atoms with Gasteiger partial charge in [-0.05, 0) is 18.2 Å². The molecule has 0 N–H and O–H groups in total. The summed E-state index contributed by atoms with van der Waals surface area (Å²) in [5.74, 6) is 0.492. The van der Waals surface area contributed by atoms with Gasteiger partial charge in [0.25, 0.3) is 0 Å². The van der Waals surface area contributed by atoms with Gasteiger partial charge in [0.15, 0.2) is 0 Å². The van der Waals surface area contributed by atoms with Crippen LogP contribution in [0.1, 0.15) is 23.0 Å².